The van der Waals surface area contributed by atoms with Crippen LogP contribution in [0.5, 0.6) is 0 Å². The van der Waals surface area contributed by atoms with Crippen LogP contribution in [0, 0.1) is 0 Å². The van der Waals surface area contributed by atoms with Crippen molar-refractivity contribution in [1.82, 2.24) is 0 Å². The molecule has 2 heteroatoms. The fraction of sp³-hybridized carbons (Fsp3) is 0.688. The number of halogens is 1. The van der Waals surface area contributed by atoms with Crippen LogP contribution in [0.4, 0.5) is 0 Å². The zero-order valence-electron chi connectivity index (χ0n) is 12.0. The summed E-state index contributed by atoms with van der Waals surface area (Å²) >= 11 is 0. The van der Waals surface area contributed by atoms with Gasteiger partial charge in [-0.05, 0) is 25.3 Å². The van der Waals surface area contributed by atoms with Crippen molar-refractivity contribution in [1.29, 1.82) is 0 Å². The molecule has 0 aliphatic carbocycles. The number of aromatic nitrogens is 1. The number of aryl methyl sites for hydroxylation is 2. The van der Waals surface area contributed by atoms with Crippen molar-refractivity contribution in [2.24, 2.45) is 0 Å². The summed E-state index contributed by atoms with van der Waals surface area (Å²) in [6.45, 7) is 5.52. The first-order valence-electron chi connectivity index (χ1n) is 7.34. The van der Waals surface area contributed by atoms with Gasteiger partial charge in [-0.3, -0.25) is 0 Å². The molecule has 1 aromatic heterocycles. The Kier molecular flexibility index (Phi) is 11.9. The molecule has 1 aromatic rings. The van der Waals surface area contributed by atoms with Gasteiger partial charge in [-0.1, -0.05) is 45.4 Å². The van der Waals surface area contributed by atoms with Crippen molar-refractivity contribution in [3.05, 3.63) is 30.1 Å². The third-order valence-electron chi connectivity index (χ3n) is 3.39. The van der Waals surface area contributed by atoms with Crippen LogP contribution in [0.15, 0.2) is 24.5 Å². The van der Waals surface area contributed by atoms with Crippen molar-refractivity contribution >= 4 is 0 Å². The normalized spacial score (nSPS) is 10.1. The smallest absolute Gasteiger partial charge is 0.169 e. The van der Waals surface area contributed by atoms with Crippen molar-refractivity contribution < 1.29 is 28.5 Å². The summed E-state index contributed by atoms with van der Waals surface area (Å²) in [5, 5.41) is 0. The fourth-order valence-electron chi connectivity index (χ4n) is 2.15. The molecular weight excluding hydrogens is 333 g/mol. The van der Waals surface area contributed by atoms with E-state index in [0.29, 0.717) is 0 Å². The average Bonchev–Trinajstić information content (AvgIpc) is 2.38. The highest BCUT2D eigenvalue weighted by molar-refractivity contribution is 5.07. The molecule has 1 nitrogen and oxygen atoms in total. The van der Waals surface area contributed by atoms with Gasteiger partial charge >= 0.3 is 0 Å². The second-order valence-corrected chi connectivity index (χ2v) is 4.91. The summed E-state index contributed by atoms with van der Waals surface area (Å²) in [7, 11) is 0. The molecule has 0 amide bonds. The van der Waals surface area contributed by atoms with Gasteiger partial charge in [-0.15, -0.1) is 0 Å². The van der Waals surface area contributed by atoms with Gasteiger partial charge in [0.25, 0.3) is 0 Å². The van der Waals surface area contributed by atoms with E-state index in [9.17, 15) is 0 Å². The molecule has 104 valence electrons. The Morgan fingerprint density at radius 1 is 0.833 bits per heavy atom. The van der Waals surface area contributed by atoms with E-state index in [1.54, 1.807) is 0 Å². The molecule has 0 atom stereocenters. The maximum Gasteiger partial charge on any atom is 0.169 e. The van der Waals surface area contributed by atoms with Crippen LogP contribution in [-0.2, 0) is 13.0 Å². The van der Waals surface area contributed by atoms with E-state index in [0.717, 1.165) is 6.54 Å². The van der Waals surface area contributed by atoms with E-state index >= 15 is 0 Å². The minimum atomic E-state index is 0. The van der Waals surface area contributed by atoms with E-state index in [1.807, 2.05) is 0 Å². The molecule has 0 bridgehead atoms. The van der Waals surface area contributed by atoms with Gasteiger partial charge in [0.05, 0.1) is 0 Å². The zero-order valence-corrected chi connectivity index (χ0v) is 14.2. The zero-order chi connectivity index (χ0) is 12.3. The number of hydrogen-bond acceptors (Lipinski definition) is 0. The first-order chi connectivity index (χ1) is 8.36. The molecule has 18 heavy (non-hydrogen) atoms. The summed E-state index contributed by atoms with van der Waals surface area (Å²) in [4.78, 5) is 0. The minimum absolute atomic E-state index is 0. The van der Waals surface area contributed by atoms with E-state index in [4.69, 9.17) is 0 Å². The Morgan fingerprint density at radius 2 is 1.39 bits per heavy atom. The highest BCUT2D eigenvalue weighted by Crippen LogP contribution is 2.09. The van der Waals surface area contributed by atoms with Gasteiger partial charge in [0.15, 0.2) is 12.4 Å². The summed E-state index contributed by atoms with van der Waals surface area (Å²) in [6, 6.07) is 4.53. The molecule has 0 radical (unpaired) electrons. The molecule has 0 aliphatic rings. The molecule has 0 saturated carbocycles. The average molecular weight is 361 g/mol. The van der Waals surface area contributed by atoms with E-state index in [2.05, 4.69) is 42.9 Å². The molecule has 0 aromatic carbocycles. The number of rotatable bonds is 9. The lowest BCUT2D eigenvalue weighted by Gasteiger charge is -2.01. The van der Waals surface area contributed by atoms with Gasteiger partial charge < -0.3 is 24.0 Å². The Balaban J connectivity index is 0.00000289. The largest absolute Gasteiger partial charge is 1.00 e. The molecule has 0 aliphatic heterocycles. The molecule has 1 heterocycles. The number of nitrogens with zero attached hydrogens (tertiary/aromatic N) is 1. The monoisotopic (exact) mass is 361 g/mol. The highest BCUT2D eigenvalue weighted by atomic mass is 127. The summed E-state index contributed by atoms with van der Waals surface area (Å²) in [5.74, 6) is 0. The summed E-state index contributed by atoms with van der Waals surface area (Å²) < 4.78 is 2.22. The van der Waals surface area contributed by atoms with Crippen LogP contribution < -0.4 is 28.5 Å². The molecule has 0 N–H and O–H groups in total. The maximum absolute atomic E-state index is 2.28. The van der Waals surface area contributed by atoms with Gasteiger partial charge in [-0.2, -0.15) is 0 Å². The molecule has 0 fully saturated rings. The predicted molar refractivity (Wildman–Crippen MR) is 74.0 cm³/mol. The van der Waals surface area contributed by atoms with Crippen molar-refractivity contribution in [3.8, 4) is 0 Å². The van der Waals surface area contributed by atoms with Crippen LogP contribution in [0.25, 0.3) is 0 Å². The first-order valence-corrected chi connectivity index (χ1v) is 7.34. The summed E-state index contributed by atoms with van der Waals surface area (Å²) in [6.07, 6.45) is 15.4. The van der Waals surface area contributed by atoms with Crippen molar-refractivity contribution in [3.63, 3.8) is 0 Å². The fourth-order valence-corrected chi connectivity index (χ4v) is 2.15. The molecule has 1 rings (SSSR count). The van der Waals surface area contributed by atoms with Crippen molar-refractivity contribution in [2.75, 3.05) is 0 Å². The molecule has 0 saturated heterocycles. The van der Waals surface area contributed by atoms with E-state index in [1.165, 1.54) is 56.9 Å². The lowest BCUT2D eigenvalue weighted by Crippen LogP contribution is -3.00. The molecular formula is C16H28IN. The lowest BCUT2D eigenvalue weighted by molar-refractivity contribution is -0.693. The van der Waals surface area contributed by atoms with Crippen LogP contribution >= 0.6 is 0 Å². The Bertz CT molecular complexity index is 282. The van der Waals surface area contributed by atoms with E-state index in [-0.39, 0.29) is 24.0 Å². The van der Waals surface area contributed by atoms with Gasteiger partial charge in [0.1, 0.15) is 6.54 Å². The SMILES string of the molecule is CCCCCCCCCc1cc[n+](CC)cc1.[I-]. The maximum atomic E-state index is 2.28. The second kappa shape index (κ2) is 11.9. The number of hydrogen-bond donors (Lipinski definition) is 0. The van der Waals surface area contributed by atoms with Crippen LogP contribution in [-0.4, -0.2) is 0 Å². The first kappa shape index (κ1) is 17.9. The Hall–Kier alpha value is -0.120. The van der Waals surface area contributed by atoms with Crippen LogP contribution in [0.3, 0.4) is 0 Å². The highest BCUT2D eigenvalue weighted by Gasteiger charge is 1.98. The van der Waals surface area contributed by atoms with Crippen LogP contribution in [0.2, 0.25) is 0 Å². The second-order valence-electron chi connectivity index (χ2n) is 4.91. The molecule has 0 spiro atoms. The quantitative estimate of drug-likeness (QED) is 0.355. The van der Waals surface area contributed by atoms with Crippen molar-refractivity contribution in [2.45, 2.75) is 71.8 Å². The van der Waals surface area contributed by atoms with Gasteiger partial charge in [0, 0.05) is 12.1 Å². The third kappa shape index (κ3) is 8.06. The van der Waals surface area contributed by atoms with Crippen LogP contribution in [0.1, 0.15) is 64.4 Å². The Morgan fingerprint density at radius 3 is 1.94 bits per heavy atom. The van der Waals surface area contributed by atoms with Gasteiger partial charge in [-0.25, -0.2) is 4.57 Å². The third-order valence-corrected chi connectivity index (χ3v) is 3.39. The summed E-state index contributed by atoms with van der Waals surface area (Å²) in [5.41, 5.74) is 1.49. The van der Waals surface area contributed by atoms with Gasteiger partial charge in [0.2, 0.25) is 0 Å². The standard InChI is InChI=1S/C16H28N.HI/c1-3-5-6-7-8-9-10-11-16-12-14-17(4-2)15-13-16;/h12-15H,3-11H2,1-2H3;1H/q+1;/p-1. The Labute approximate surface area is 130 Å². The number of unbranched alkanes of at least 4 members (excludes halogenated alkanes) is 6. The lowest BCUT2D eigenvalue weighted by atomic mass is 10.1. The van der Waals surface area contributed by atoms with E-state index < -0.39 is 0 Å². The number of pyridine rings is 1. The molecule has 0 unspecified atom stereocenters. The predicted octanol–water partition coefficient (Wildman–Crippen LogP) is 1.29. The minimum Gasteiger partial charge on any atom is -1.00 e. The topological polar surface area (TPSA) is 3.88 Å².